The van der Waals surface area contributed by atoms with Gasteiger partial charge in [-0.05, 0) is 37.1 Å². The Hall–Kier alpha value is -2.69. The third-order valence-electron chi connectivity index (χ3n) is 3.47. The fourth-order valence-corrected chi connectivity index (χ4v) is 2.56. The third-order valence-corrected chi connectivity index (χ3v) is 3.47. The minimum Gasteiger partial charge on any atom is -0.480 e. The molecule has 0 saturated heterocycles. The number of benzene rings is 1. The molecule has 1 heterocycles. The molecule has 0 aliphatic rings. The minimum atomic E-state index is -1.05. The second-order valence-electron chi connectivity index (χ2n) is 5.69. The van der Waals surface area contributed by atoms with Crippen molar-refractivity contribution in [2.24, 2.45) is 0 Å². The molecule has 2 N–H and O–H groups in total. The molecule has 0 spiro atoms. The third kappa shape index (κ3) is 5.21. The zero-order valence-corrected chi connectivity index (χ0v) is 13.2. The molecular formula is C18H20N2O3. The van der Waals surface area contributed by atoms with E-state index in [-0.39, 0.29) is 18.7 Å². The van der Waals surface area contributed by atoms with E-state index in [0.29, 0.717) is 0 Å². The van der Waals surface area contributed by atoms with Crippen LogP contribution in [-0.2, 0) is 22.4 Å². The number of carbonyl (C=O) groups is 2. The number of aromatic nitrogens is 1. The SMILES string of the molecule is Cc1cc(C)cc(CC(=O)NC(Cc2ccncc2)C(=O)O)c1. The van der Waals surface area contributed by atoms with E-state index in [1.807, 2.05) is 32.0 Å². The number of hydrogen-bond acceptors (Lipinski definition) is 3. The minimum absolute atomic E-state index is 0.169. The highest BCUT2D eigenvalue weighted by molar-refractivity contribution is 5.85. The maximum absolute atomic E-state index is 12.2. The summed E-state index contributed by atoms with van der Waals surface area (Å²) in [6, 6.07) is 8.44. The van der Waals surface area contributed by atoms with E-state index in [1.165, 1.54) is 0 Å². The Morgan fingerprint density at radius 1 is 1.09 bits per heavy atom. The molecule has 0 fully saturated rings. The summed E-state index contributed by atoms with van der Waals surface area (Å²) in [5, 5.41) is 11.9. The van der Waals surface area contributed by atoms with Crippen molar-refractivity contribution in [3.63, 3.8) is 0 Å². The normalized spacial score (nSPS) is 11.7. The molecule has 0 aliphatic carbocycles. The van der Waals surface area contributed by atoms with Crippen molar-refractivity contribution in [1.82, 2.24) is 10.3 Å². The van der Waals surface area contributed by atoms with Gasteiger partial charge >= 0.3 is 5.97 Å². The van der Waals surface area contributed by atoms with Gasteiger partial charge < -0.3 is 10.4 Å². The molecule has 2 rings (SSSR count). The summed E-state index contributed by atoms with van der Waals surface area (Å²) >= 11 is 0. The highest BCUT2D eigenvalue weighted by atomic mass is 16.4. The summed E-state index contributed by atoms with van der Waals surface area (Å²) in [5.74, 6) is -1.34. The monoisotopic (exact) mass is 312 g/mol. The number of pyridine rings is 1. The van der Waals surface area contributed by atoms with Gasteiger partial charge in [-0.2, -0.15) is 0 Å². The van der Waals surface area contributed by atoms with Gasteiger partial charge in [0, 0.05) is 18.8 Å². The highest BCUT2D eigenvalue weighted by Gasteiger charge is 2.20. The van der Waals surface area contributed by atoms with Crippen molar-refractivity contribution >= 4 is 11.9 Å². The van der Waals surface area contributed by atoms with E-state index < -0.39 is 12.0 Å². The van der Waals surface area contributed by atoms with Crippen molar-refractivity contribution in [2.45, 2.75) is 32.7 Å². The molecule has 0 saturated carbocycles. The summed E-state index contributed by atoms with van der Waals surface area (Å²) in [4.78, 5) is 27.4. The molecule has 1 aromatic carbocycles. The topological polar surface area (TPSA) is 79.3 Å². The Morgan fingerprint density at radius 2 is 1.70 bits per heavy atom. The van der Waals surface area contributed by atoms with Crippen LogP contribution in [-0.4, -0.2) is 28.0 Å². The van der Waals surface area contributed by atoms with Crippen molar-refractivity contribution in [3.8, 4) is 0 Å². The van der Waals surface area contributed by atoms with Gasteiger partial charge in [0.15, 0.2) is 0 Å². The average Bonchev–Trinajstić information content (AvgIpc) is 2.46. The first kappa shape index (κ1) is 16.7. The molecule has 2 aromatic rings. The van der Waals surface area contributed by atoms with Crippen molar-refractivity contribution in [3.05, 3.63) is 65.0 Å². The zero-order valence-electron chi connectivity index (χ0n) is 13.2. The van der Waals surface area contributed by atoms with Crippen molar-refractivity contribution < 1.29 is 14.7 Å². The van der Waals surface area contributed by atoms with E-state index in [2.05, 4.69) is 10.3 Å². The smallest absolute Gasteiger partial charge is 0.326 e. The lowest BCUT2D eigenvalue weighted by atomic mass is 10.0. The predicted octanol–water partition coefficient (Wildman–Crippen LogP) is 2.05. The van der Waals surface area contributed by atoms with E-state index in [9.17, 15) is 14.7 Å². The lowest BCUT2D eigenvalue weighted by Gasteiger charge is -2.15. The van der Waals surface area contributed by atoms with Crippen LogP contribution in [0.2, 0.25) is 0 Å². The quantitative estimate of drug-likeness (QED) is 0.855. The van der Waals surface area contributed by atoms with Gasteiger partial charge in [-0.1, -0.05) is 29.3 Å². The van der Waals surface area contributed by atoms with Crippen LogP contribution in [0.15, 0.2) is 42.7 Å². The summed E-state index contributed by atoms with van der Waals surface area (Å²) < 4.78 is 0. The fourth-order valence-electron chi connectivity index (χ4n) is 2.56. The van der Waals surface area contributed by atoms with Crippen LogP contribution in [0.4, 0.5) is 0 Å². The van der Waals surface area contributed by atoms with Crippen LogP contribution in [0.3, 0.4) is 0 Å². The number of carbonyl (C=O) groups excluding carboxylic acids is 1. The van der Waals surface area contributed by atoms with E-state index in [4.69, 9.17) is 0 Å². The molecule has 1 atom stereocenters. The number of hydrogen-bond donors (Lipinski definition) is 2. The predicted molar refractivity (Wildman–Crippen MR) is 87.1 cm³/mol. The number of aryl methyl sites for hydroxylation is 2. The van der Waals surface area contributed by atoms with Crippen LogP contribution in [0.1, 0.15) is 22.3 Å². The fraction of sp³-hybridized carbons (Fsp3) is 0.278. The van der Waals surface area contributed by atoms with Crippen molar-refractivity contribution in [2.75, 3.05) is 0 Å². The van der Waals surface area contributed by atoms with E-state index >= 15 is 0 Å². The Kier molecular flexibility index (Phi) is 5.46. The Bertz CT molecular complexity index is 678. The molecule has 1 aromatic heterocycles. The van der Waals surface area contributed by atoms with Crippen LogP contribution < -0.4 is 5.32 Å². The summed E-state index contributed by atoms with van der Waals surface area (Å²) in [7, 11) is 0. The first-order valence-electron chi connectivity index (χ1n) is 7.42. The number of carboxylic acid groups (broad SMARTS) is 1. The number of carboxylic acids is 1. The molecule has 0 bridgehead atoms. The summed E-state index contributed by atoms with van der Waals surface area (Å²) in [6.07, 6.45) is 3.61. The van der Waals surface area contributed by atoms with E-state index in [1.54, 1.807) is 24.5 Å². The molecule has 120 valence electrons. The van der Waals surface area contributed by atoms with E-state index in [0.717, 1.165) is 22.3 Å². The van der Waals surface area contributed by atoms with Crippen molar-refractivity contribution in [1.29, 1.82) is 0 Å². The lowest BCUT2D eigenvalue weighted by Crippen LogP contribution is -2.43. The molecule has 0 aliphatic heterocycles. The van der Waals surface area contributed by atoms with Gasteiger partial charge in [-0.3, -0.25) is 9.78 Å². The molecular weight excluding hydrogens is 292 g/mol. The first-order chi connectivity index (χ1) is 10.9. The van der Waals surface area contributed by atoms with Gasteiger partial charge in [0.25, 0.3) is 0 Å². The largest absolute Gasteiger partial charge is 0.480 e. The number of aliphatic carboxylic acids is 1. The Morgan fingerprint density at radius 3 is 2.26 bits per heavy atom. The van der Waals surface area contributed by atoms with Gasteiger partial charge in [-0.25, -0.2) is 4.79 Å². The number of nitrogens with zero attached hydrogens (tertiary/aromatic N) is 1. The van der Waals surface area contributed by atoms with Crippen LogP contribution in [0.5, 0.6) is 0 Å². The Balaban J connectivity index is 2.02. The molecule has 23 heavy (non-hydrogen) atoms. The summed E-state index contributed by atoms with van der Waals surface area (Å²) in [5.41, 5.74) is 3.87. The maximum atomic E-state index is 12.2. The van der Waals surface area contributed by atoms with Crippen LogP contribution in [0.25, 0.3) is 0 Å². The van der Waals surface area contributed by atoms with Gasteiger partial charge in [0.1, 0.15) is 6.04 Å². The number of nitrogens with one attached hydrogen (secondary N) is 1. The standard InChI is InChI=1S/C18H20N2O3/c1-12-7-13(2)9-15(8-12)11-17(21)20-16(18(22)23)10-14-3-5-19-6-4-14/h3-9,16H,10-11H2,1-2H3,(H,20,21)(H,22,23). The lowest BCUT2D eigenvalue weighted by molar-refractivity contribution is -0.141. The molecule has 5 heteroatoms. The summed E-state index contributed by atoms with van der Waals surface area (Å²) in [6.45, 7) is 3.94. The highest BCUT2D eigenvalue weighted by Crippen LogP contribution is 2.10. The van der Waals surface area contributed by atoms with Crippen LogP contribution >= 0.6 is 0 Å². The molecule has 0 radical (unpaired) electrons. The number of rotatable bonds is 6. The first-order valence-corrected chi connectivity index (χ1v) is 7.42. The Labute approximate surface area is 135 Å². The number of amides is 1. The molecule has 1 unspecified atom stereocenters. The van der Waals surface area contributed by atoms with Gasteiger partial charge in [-0.15, -0.1) is 0 Å². The zero-order chi connectivity index (χ0) is 16.8. The van der Waals surface area contributed by atoms with Crippen LogP contribution in [0, 0.1) is 13.8 Å². The molecule has 5 nitrogen and oxygen atoms in total. The molecule has 1 amide bonds. The second kappa shape index (κ2) is 7.54. The van der Waals surface area contributed by atoms with Gasteiger partial charge in [0.2, 0.25) is 5.91 Å². The second-order valence-corrected chi connectivity index (χ2v) is 5.69. The maximum Gasteiger partial charge on any atom is 0.326 e. The average molecular weight is 312 g/mol. The van der Waals surface area contributed by atoms with Gasteiger partial charge in [0.05, 0.1) is 6.42 Å².